The topological polar surface area (TPSA) is 143 Å². The van der Waals surface area contributed by atoms with Crippen LogP contribution in [0.4, 0.5) is 24.7 Å². The van der Waals surface area contributed by atoms with E-state index in [0.717, 1.165) is 89.1 Å². The minimum absolute atomic E-state index is 0.00492. The number of halogens is 3. The molecule has 6 aliphatic rings. The van der Waals surface area contributed by atoms with Crippen molar-refractivity contribution in [3.05, 3.63) is 59.4 Å². The molecule has 0 bridgehead atoms. The molecule has 4 saturated heterocycles. The quantitative estimate of drug-likeness (QED) is 0.215. The van der Waals surface area contributed by atoms with Crippen molar-refractivity contribution < 1.29 is 32.3 Å². The average molecular weight is 841 g/mol. The molecule has 3 amide bonds. The number of nitrogens with zero attached hydrogens (tertiary/aromatic N) is 8. The summed E-state index contributed by atoms with van der Waals surface area (Å²) in [6.07, 6.45) is 5.33. The molecule has 0 spiro atoms. The first-order valence-corrected chi connectivity index (χ1v) is 21.7. The number of hydrogen-bond acceptors (Lipinski definition) is 11. The third-order valence-corrected chi connectivity index (χ3v) is 13.9. The minimum atomic E-state index is -0.908. The van der Waals surface area contributed by atoms with Crippen LogP contribution in [0.15, 0.2) is 36.7 Å². The lowest BCUT2D eigenvalue weighted by molar-refractivity contribution is -0.136. The highest BCUT2D eigenvalue weighted by atomic mass is 19.1. The molecule has 0 radical (unpaired) electrons. The molecule has 5 aliphatic heterocycles. The van der Waals surface area contributed by atoms with E-state index < -0.39 is 29.8 Å². The molecule has 5 fully saturated rings. The number of piperazine rings is 1. The smallest absolute Gasteiger partial charge is 0.255 e. The minimum Gasteiger partial charge on any atom is -0.484 e. The van der Waals surface area contributed by atoms with Crippen LogP contribution in [0.25, 0.3) is 22.3 Å². The number of carbonyl (C=O) groups excluding carboxylic acids is 3. The zero-order chi connectivity index (χ0) is 42.0. The zero-order valence-corrected chi connectivity index (χ0v) is 34.3. The standard InChI is InChI=1S/C44H51F3N10O4/c1-44(9-10-44)61-37-18-29-33(19-31(37)45)51-52-41(29)34-20-38(49-25-48-34)56-16-14-53(15-17-56)22-27-8-11-54(24-32(27)46)21-26-6-12-55(13-7-26)35-3-2-28-30(40(35)47)23-57(43(28)60)36-4-5-39(58)50-42(36)59/h2-3,18-20,25-27,32,36H,4-17,21-24H2,1H3,(H,51,52)(H,50,58,59)/t27?,32-,36?/m0/s1. The van der Waals surface area contributed by atoms with Gasteiger partial charge in [0, 0.05) is 99.9 Å². The van der Waals surface area contributed by atoms with Crippen molar-refractivity contribution in [1.29, 1.82) is 0 Å². The maximum atomic E-state index is 16.0. The van der Waals surface area contributed by atoms with Crippen molar-refractivity contribution in [1.82, 2.24) is 40.2 Å². The predicted molar refractivity (Wildman–Crippen MR) is 221 cm³/mol. The van der Waals surface area contributed by atoms with E-state index in [1.165, 1.54) is 17.3 Å². The SMILES string of the molecule is CC1(Oc2cc3c(-c4cc(N5CCN(CC6CCN(CC7CCN(c8ccc9c(c8F)CN(C8CCC(=O)NC8=O)C9=O)CC7)C[C@@H]6F)CC5)ncn4)n[nH]c3cc2F)CC1. The van der Waals surface area contributed by atoms with Crippen molar-refractivity contribution in [3.63, 3.8) is 0 Å². The fourth-order valence-electron chi connectivity index (χ4n) is 9.92. The van der Waals surface area contributed by atoms with E-state index in [4.69, 9.17) is 4.74 Å². The molecular weight excluding hydrogens is 790 g/mol. The molecule has 10 rings (SSSR count). The number of carbonyl (C=O) groups is 3. The molecule has 7 heterocycles. The Labute approximate surface area is 351 Å². The van der Waals surface area contributed by atoms with Gasteiger partial charge in [-0.2, -0.15) is 5.10 Å². The van der Waals surface area contributed by atoms with Gasteiger partial charge in [-0.1, -0.05) is 0 Å². The normalized spacial score (nSPS) is 25.0. The van der Waals surface area contributed by atoms with E-state index in [2.05, 4.69) is 40.2 Å². The lowest BCUT2D eigenvalue weighted by Crippen LogP contribution is -2.52. The van der Waals surface area contributed by atoms with Crippen molar-refractivity contribution in [2.75, 3.05) is 75.2 Å². The van der Waals surface area contributed by atoms with Gasteiger partial charge in [-0.05, 0) is 76.1 Å². The predicted octanol–water partition coefficient (Wildman–Crippen LogP) is 4.69. The van der Waals surface area contributed by atoms with E-state index >= 15 is 8.78 Å². The number of fused-ring (bicyclic) bond motifs is 2. The highest BCUT2D eigenvalue weighted by Crippen LogP contribution is 2.42. The molecule has 2 unspecified atom stereocenters. The third kappa shape index (κ3) is 7.90. The number of H-pyrrole nitrogens is 1. The number of aromatic amines is 1. The Morgan fingerprint density at radius 3 is 2.44 bits per heavy atom. The molecule has 322 valence electrons. The van der Waals surface area contributed by atoms with Crippen LogP contribution in [-0.2, 0) is 16.1 Å². The lowest BCUT2D eigenvalue weighted by atomic mass is 9.91. The molecule has 1 aliphatic carbocycles. The number of amides is 3. The summed E-state index contributed by atoms with van der Waals surface area (Å²) in [6, 6.07) is 7.58. The van der Waals surface area contributed by atoms with Gasteiger partial charge in [-0.15, -0.1) is 0 Å². The van der Waals surface area contributed by atoms with Crippen molar-refractivity contribution in [3.8, 4) is 17.1 Å². The van der Waals surface area contributed by atoms with Gasteiger partial charge in [0.2, 0.25) is 11.8 Å². The van der Waals surface area contributed by atoms with Gasteiger partial charge in [0.25, 0.3) is 5.91 Å². The molecule has 61 heavy (non-hydrogen) atoms. The second-order valence-corrected chi connectivity index (χ2v) is 18.1. The van der Waals surface area contributed by atoms with Crippen LogP contribution in [0, 0.1) is 23.5 Å². The number of aromatic nitrogens is 4. The molecule has 1 saturated carbocycles. The molecule has 3 atom stereocenters. The van der Waals surface area contributed by atoms with Crippen LogP contribution in [-0.4, -0.2) is 136 Å². The van der Waals surface area contributed by atoms with Crippen molar-refractivity contribution >= 4 is 40.1 Å². The maximum absolute atomic E-state index is 16.0. The summed E-state index contributed by atoms with van der Waals surface area (Å²) < 4.78 is 52.5. The average Bonchev–Trinajstić information content (AvgIpc) is 3.69. The van der Waals surface area contributed by atoms with Crippen LogP contribution in [0.1, 0.15) is 67.8 Å². The van der Waals surface area contributed by atoms with E-state index in [0.29, 0.717) is 53.7 Å². The largest absolute Gasteiger partial charge is 0.484 e. The van der Waals surface area contributed by atoms with Gasteiger partial charge < -0.3 is 24.3 Å². The van der Waals surface area contributed by atoms with Gasteiger partial charge in [-0.3, -0.25) is 29.7 Å². The molecule has 4 aromatic rings. The second kappa shape index (κ2) is 15.9. The molecule has 2 N–H and O–H groups in total. The van der Waals surface area contributed by atoms with Crippen molar-refractivity contribution in [2.24, 2.45) is 11.8 Å². The Morgan fingerprint density at radius 2 is 1.69 bits per heavy atom. The highest BCUT2D eigenvalue weighted by molar-refractivity contribution is 6.05. The van der Waals surface area contributed by atoms with Gasteiger partial charge in [0.1, 0.15) is 35.7 Å². The number of anilines is 2. The molecule has 14 nitrogen and oxygen atoms in total. The summed E-state index contributed by atoms with van der Waals surface area (Å²) in [5.41, 5.74) is 2.54. The monoisotopic (exact) mass is 840 g/mol. The summed E-state index contributed by atoms with van der Waals surface area (Å²) in [7, 11) is 0. The number of ether oxygens (including phenoxy) is 1. The molecule has 2 aromatic carbocycles. The molecule has 2 aromatic heterocycles. The number of hydrogen-bond donors (Lipinski definition) is 2. The van der Waals surface area contributed by atoms with Crippen LogP contribution < -0.4 is 19.9 Å². The van der Waals surface area contributed by atoms with Gasteiger partial charge in [0.05, 0.1) is 23.4 Å². The number of likely N-dealkylation sites (tertiary alicyclic amines) is 1. The Morgan fingerprint density at radius 1 is 0.885 bits per heavy atom. The number of nitrogens with one attached hydrogen (secondary N) is 2. The van der Waals surface area contributed by atoms with E-state index in [1.54, 1.807) is 18.2 Å². The Bertz CT molecular complexity index is 2360. The summed E-state index contributed by atoms with van der Waals surface area (Å²) in [5, 5.41) is 10.4. The van der Waals surface area contributed by atoms with Crippen LogP contribution in [0.3, 0.4) is 0 Å². The maximum Gasteiger partial charge on any atom is 0.255 e. The third-order valence-electron chi connectivity index (χ3n) is 13.9. The van der Waals surface area contributed by atoms with E-state index in [9.17, 15) is 18.8 Å². The van der Waals surface area contributed by atoms with Gasteiger partial charge >= 0.3 is 0 Å². The molecule has 17 heteroatoms. The van der Waals surface area contributed by atoms with E-state index in [-0.39, 0.29) is 54.0 Å². The summed E-state index contributed by atoms with van der Waals surface area (Å²) >= 11 is 0. The fraction of sp³-hybridized carbons (Fsp3) is 0.545. The number of rotatable bonds is 10. The van der Waals surface area contributed by atoms with Crippen LogP contribution in [0.2, 0.25) is 0 Å². The zero-order valence-electron chi connectivity index (χ0n) is 34.3. The first-order valence-electron chi connectivity index (χ1n) is 21.7. The number of benzene rings is 2. The summed E-state index contributed by atoms with van der Waals surface area (Å²) in [4.78, 5) is 56.5. The summed E-state index contributed by atoms with van der Waals surface area (Å²) in [6.45, 7) is 9.24. The lowest BCUT2D eigenvalue weighted by Gasteiger charge is -2.42. The van der Waals surface area contributed by atoms with E-state index in [1.807, 2.05) is 17.9 Å². The number of piperidine rings is 3. The van der Waals surface area contributed by atoms with Gasteiger partial charge in [0.15, 0.2) is 17.4 Å². The van der Waals surface area contributed by atoms with Crippen LogP contribution >= 0.6 is 0 Å². The van der Waals surface area contributed by atoms with Crippen molar-refractivity contribution in [2.45, 2.75) is 76.2 Å². The van der Waals surface area contributed by atoms with Gasteiger partial charge in [-0.25, -0.2) is 23.1 Å². The second-order valence-electron chi connectivity index (χ2n) is 18.1. The fourth-order valence-corrected chi connectivity index (χ4v) is 9.92. The number of alkyl halides is 1. The Kier molecular flexibility index (Phi) is 10.4. The number of imide groups is 1. The first kappa shape index (κ1) is 39.8. The highest BCUT2D eigenvalue weighted by Gasteiger charge is 2.42. The first-order chi connectivity index (χ1) is 29.5. The molecular formula is C44H51F3N10O4. The summed E-state index contributed by atoms with van der Waals surface area (Å²) in [5.74, 6) is -0.736. The Hall–Kier alpha value is -5.29. The Balaban J connectivity index is 0.683. The van der Waals surface area contributed by atoms with Crippen LogP contribution in [0.5, 0.6) is 5.75 Å².